The van der Waals surface area contributed by atoms with Gasteiger partial charge in [-0.3, -0.25) is 0 Å². The highest BCUT2D eigenvalue weighted by Gasteiger charge is 1.97. The lowest BCUT2D eigenvalue weighted by molar-refractivity contribution is 0.280. The van der Waals surface area contributed by atoms with Gasteiger partial charge in [-0.25, -0.2) is 0 Å². The van der Waals surface area contributed by atoms with Crippen molar-refractivity contribution in [2.75, 3.05) is 0 Å². The minimum atomic E-state index is -0.716. The van der Waals surface area contributed by atoms with E-state index in [9.17, 15) is 10.2 Å². The third-order valence-electron chi connectivity index (χ3n) is 8.88. The molecule has 0 aromatic heterocycles. The van der Waals surface area contributed by atoms with Crippen LogP contribution in [0.2, 0.25) is 0 Å². The molecule has 0 aromatic carbocycles. The molecule has 0 fully saturated rings. The number of allylic oxidation sites excluding steroid dienone is 4. The molecule has 0 bridgehead atoms. The maximum absolute atomic E-state index is 9.26. The Morgan fingerprint density at radius 1 is 0.311 bits per heavy atom. The molecule has 2 heteroatoms. The van der Waals surface area contributed by atoms with E-state index in [1.807, 2.05) is 12.2 Å². The molecule has 2 nitrogen and oxygen atoms in total. The molecule has 0 heterocycles. The van der Waals surface area contributed by atoms with Crippen LogP contribution in [0.5, 0.6) is 0 Å². The summed E-state index contributed by atoms with van der Waals surface area (Å²) in [5.74, 6) is 4.61. The second kappa shape index (κ2) is 38.4. The van der Waals surface area contributed by atoms with Crippen molar-refractivity contribution in [1.29, 1.82) is 0 Å². The second-order valence-electron chi connectivity index (χ2n) is 13.3. The van der Waals surface area contributed by atoms with Crippen molar-refractivity contribution in [3.8, 4) is 24.7 Å². The topological polar surface area (TPSA) is 40.5 Å². The van der Waals surface area contributed by atoms with Gasteiger partial charge in [0.1, 0.15) is 12.2 Å². The third-order valence-corrected chi connectivity index (χ3v) is 8.88. The van der Waals surface area contributed by atoms with Crippen molar-refractivity contribution < 1.29 is 10.2 Å². The van der Waals surface area contributed by atoms with E-state index in [-0.39, 0.29) is 0 Å². The molecular weight excluding hydrogens is 548 g/mol. The number of aliphatic hydroxyl groups is 2. The normalized spacial score (nSPS) is 13.2. The number of unbranched alkanes of at least 4 members (excludes halogenated alkanes) is 29. The van der Waals surface area contributed by atoms with Gasteiger partial charge in [0.15, 0.2) is 0 Å². The van der Waals surface area contributed by atoms with E-state index in [2.05, 4.69) is 24.0 Å². The molecule has 0 aliphatic rings. The Morgan fingerprint density at radius 3 is 0.689 bits per heavy atom. The quantitative estimate of drug-likeness (QED) is 0.0419. The van der Waals surface area contributed by atoms with Gasteiger partial charge in [0.2, 0.25) is 0 Å². The zero-order valence-corrected chi connectivity index (χ0v) is 29.6. The van der Waals surface area contributed by atoms with E-state index >= 15 is 0 Å². The Labute approximate surface area is 282 Å². The van der Waals surface area contributed by atoms with Crippen LogP contribution in [-0.4, -0.2) is 22.4 Å². The lowest BCUT2D eigenvalue weighted by atomic mass is 10.0. The zero-order valence-electron chi connectivity index (χ0n) is 29.6. The summed E-state index contributed by atoms with van der Waals surface area (Å²) in [6, 6.07) is 0. The second-order valence-corrected chi connectivity index (χ2v) is 13.3. The fourth-order valence-electron chi connectivity index (χ4n) is 5.91. The number of hydrogen-bond donors (Lipinski definition) is 2. The van der Waals surface area contributed by atoms with Gasteiger partial charge in [0.05, 0.1) is 0 Å². The fraction of sp³-hybridized carbons (Fsp3) is 0.767. The maximum atomic E-state index is 9.26. The van der Waals surface area contributed by atoms with E-state index in [1.54, 1.807) is 12.2 Å². The average Bonchev–Trinajstić information content (AvgIpc) is 3.05. The molecule has 0 spiro atoms. The predicted molar refractivity (Wildman–Crippen MR) is 200 cm³/mol. The highest BCUT2D eigenvalue weighted by molar-refractivity contribution is 5.06. The Balaban J connectivity index is 3.15. The highest BCUT2D eigenvalue weighted by atomic mass is 16.3. The van der Waals surface area contributed by atoms with Crippen molar-refractivity contribution >= 4 is 0 Å². The van der Waals surface area contributed by atoms with Gasteiger partial charge >= 0.3 is 0 Å². The van der Waals surface area contributed by atoms with Gasteiger partial charge in [0, 0.05) is 0 Å². The first kappa shape index (κ1) is 43.3. The van der Waals surface area contributed by atoms with Crippen LogP contribution < -0.4 is 0 Å². The van der Waals surface area contributed by atoms with Crippen molar-refractivity contribution in [2.24, 2.45) is 0 Å². The molecule has 2 atom stereocenters. The fourth-order valence-corrected chi connectivity index (χ4v) is 5.91. The van der Waals surface area contributed by atoms with Crippen LogP contribution in [0, 0.1) is 24.7 Å². The van der Waals surface area contributed by atoms with Crippen molar-refractivity contribution in [1.82, 2.24) is 0 Å². The van der Waals surface area contributed by atoms with Crippen LogP contribution in [0.3, 0.4) is 0 Å². The Hall–Kier alpha value is -1.74. The van der Waals surface area contributed by atoms with Crippen LogP contribution >= 0.6 is 0 Å². The summed E-state index contributed by atoms with van der Waals surface area (Å²) in [6.45, 7) is 0. The standard InChI is InChI=1S/C43H74O2/c1-3-42(44)40-38-36-34-32-30-28-26-24-22-20-18-16-14-12-10-8-6-5-7-9-11-13-15-17-19-21-23-25-27-29-31-33-35-37-39-41-43(45)4-2/h1-2,14,16,38-45H,5-13,15,17-37H2/b16-14-,40-38+,41-39+/t42-,43-/m0/s1. The van der Waals surface area contributed by atoms with Crippen molar-refractivity contribution in [3.05, 3.63) is 36.5 Å². The smallest absolute Gasteiger partial charge is 0.133 e. The summed E-state index contributed by atoms with van der Waals surface area (Å²) in [4.78, 5) is 0. The van der Waals surface area contributed by atoms with Crippen molar-refractivity contribution in [2.45, 2.75) is 211 Å². The summed E-state index contributed by atoms with van der Waals surface area (Å²) >= 11 is 0. The van der Waals surface area contributed by atoms with E-state index < -0.39 is 12.2 Å². The first-order chi connectivity index (χ1) is 22.2. The number of aliphatic hydroxyl groups excluding tert-OH is 2. The maximum Gasteiger partial charge on any atom is 0.133 e. The summed E-state index contributed by atoms with van der Waals surface area (Å²) in [5, 5.41) is 18.5. The molecule has 0 rings (SSSR count). The third kappa shape index (κ3) is 38.4. The van der Waals surface area contributed by atoms with Crippen LogP contribution in [0.1, 0.15) is 199 Å². The molecule has 0 unspecified atom stereocenters. The molecular formula is C43H74O2. The summed E-state index contributed by atoms with van der Waals surface area (Å²) in [6.07, 6.45) is 63.0. The van der Waals surface area contributed by atoms with E-state index in [4.69, 9.17) is 12.8 Å². The molecule has 0 aromatic rings. The van der Waals surface area contributed by atoms with Crippen molar-refractivity contribution in [3.63, 3.8) is 0 Å². The molecule has 45 heavy (non-hydrogen) atoms. The zero-order chi connectivity index (χ0) is 32.7. The Kier molecular flexibility index (Phi) is 37.0. The molecule has 0 aliphatic carbocycles. The van der Waals surface area contributed by atoms with Crippen LogP contribution in [0.4, 0.5) is 0 Å². The van der Waals surface area contributed by atoms with Crippen LogP contribution in [0.25, 0.3) is 0 Å². The molecule has 0 aliphatic heterocycles. The average molecular weight is 623 g/mol. The number of hydrogen-bond acceptors (Lipinski definition) is 2. The van der Waals surface area contributed by atoms with Crippen LogP contribution in [-0.2, 0) is 0 Å². The lowest BCUT2D eigenvalue weighted by Crippen LogP contribution is -1.95. The van der Waals surface area contributed by atoms with E-state index in [0.29, 0.717) is 0 Å². The van der Waals surface area contributed by atoms with Gasteiger partial charge < -0.3 is 10.2 Å². The highest BCUT2D eigenvalue weighted by Crippen LogP contribution is 2.16. The molecule has 2 N–H and O–H groups in total. The molecule has 0 saturated carbocycles. The van der Waals surface area contributed by atoms with Gasteiger partial charge in [-0.05, 0) is 63.5 Å². The summed E-state index contributed by atoms with van der Waals surface area (Å²) < 4.78 is 0. The van der Waals surface area contributed by atoms with Gasteiger partial charge in [0.25, 0.3) is 0 Å². The predicted octanol–water partition coefficient (Wildman–Crippen LogP) is 12.7. The first-order valence-electron chi connectivity index (χ1n) is 19.5. The number of rotatable bonds is 35. The van der Waals surface area contributed by atoms with E-state index in [0.717, 1.165) is 12.8 Å². The summed E-state index contributed by atoms with van der Waals surface area (Å²) in [5.41, 5.74) is 0. The Bertz CT molecular complexity index is 749. The number of terminal acetylenes is 2. The largest absolute Gasteiger partial charge is 0.377 e. The van der Waals surface area contributed by atoms with Crippen LogP contribution in [0.15, 0.2) is 36.5 Å². The SMILES string of the molecule is C#C[C@H](O)/C=C/CCCCCCCCCC/C=C\CCCCCCCCCCCCCCCCCCCCC/C=C/[C@@H](O)C#C. The minimum absolute atomic E-state index is 0.712. The molecule has 0 radical (unpaired) electrons. The van der Waals surface area contributed by atoms with Gasteiger partial charge in [-0.1, -0.05) is 184 Å². The Morgan fingerprint density at radius 2 is 0.489 bits per heavy atom. The van der Waals surface area contributed by atoms with Gasteiger partial charge in [-0.15, -0.1) is 12.8 Å². The minimum Gasteiger partial charge on any atom is -0.377 e. The first-order valence-corrected chi connectivity index (χ1v) is 19.5. The molecule has 258 valence electrons. The molecule has 0 amide bonds. The summed E-state index contributed by atoms with van der Waals surface area (Å²) in [7, 11) is 0. The van der Waals surface area contributed by atoms with E-state index in [1.165, 1.54) is 186 Å². The molecule has 0 saturated heterocycles. The van der Waals surface area contributed by atoms with Gasteiger partial charge in [-0.2, -0.15) is 0 Å². The lowest BCUT2D eigenvalue weighted by Gasteiger charge is -2.04. The monoisotopic (exact) mass is 623 g/mol.